The molecule has 0 aliphatic heterocycles. The van der Waals surface area contributed by atoms with Crippen molar-refractivity contribution in [2.24, 2.45) is 0 Å². The normalized spacial score (nSPS) is 11.0. The number of rotatable bonds is 7. The molecule has 4 aromatic rings. The highest BCUT2D eigenvalue weighted by atomic mass is 19.3. The number of alkyl halides is 2. The maximum Gasteiger partial charge on any atom is 0.280 e. The summed E-state index contributed by atoms with van der Waals surface area (Å²) in [4.78, 5) is 27.9. The predicted octanol–water partition coefficient (Wildman–Crippen LogP) is 4.51. The summed E-state index contributed by atoms with van der Waals surface area (Å²) in [7, 11) is 2.83. The molecule has 0 saturated heterocycles. The van der Waals surface area contributed by atoms with Crippen LogP contribution in [0.1, 0.15) is 22.5 Å². The molecule has 0 aliphatic carbocycles. The zero-order valence-electron chi connectivity index (χ0n) is 17.9. The monoisotopic (exact) mass is 469 g/mol. The van der Waals surface area contributed by atoms with Crippen LogP contribution >= 0.6 is 0 Å². The molecule has 2 aromatic carbocycles. The van der Waals surface area contributed by atoms with Crippen molar-refractivity contribution < 1.29 is 28.0 Å². The van der Waals surface area contributed by atoms with Crippen LogP contribution in [0, 0.1) is 10.1 Å². The minimum absolute atomic E-state index is 0.0794. The Balaban J connectivity index is 1.77. The summed E-state index contributed by atoms with van der Waals surface area (Å²) in [6.45, 7) is 0. The van der Waals surface area contributed by atoms with Crippen molar-refractivity contribution in [3.8, 4) is 22.8 Å². The third kappa shape index (κ3) is 4.33. The van der Waals surface area contributed by atoms with E-state index in [4.69, 9.17) is 9.47 Å². The van der Waals surface area contributed by atoms with Gasteiger partial charge in [0.2, 0.25) is 0 Å². The van der Waals surface area contributed by atoms with Gasteiger partial charge in [0.05, 0.1) is 42.8 Å². The number of anilines is 1. The predicted molar refractivity (Wildman–Crippen MR) is 118 cm³/mol. The number of amides is 1. The molecule has 2 aromatic heterocycles. The summed E-state index contributed by atoms with van der Waals surface area (Å²) >= 11 is 0. The van der Waals surface area contributed by atoms with Gasteiger partial charge in [0.15, 0.2) is 5.65 Å². The van der Waals surface area contributed by atoms with Crippen LogP contribution in [0.25, 0.3) is 16.9 Å². The summed E-state index contributed by atoms with van der Waals surface area (Å²) < 4.78 is 38.6. The van der Waals surface area contributed by atoms with Gasteiger partial charge in [-0.05, 0) is 30.3 Å². The minimum atomic E-state index is -2.89. The van der Waals surface area contributed by atoms with Crippen LogP contribution in [0.5, 0.6) is 11.5 Å². The lowest BCUT2D eigenvalue weighted by atomic mass is 10.1. The molecule has 0 radical (unpaired) electrons. The van der Waals surface area contributed by atoms with Gasteiger partial charge in [-0.1, -0.05) is 0 Å². The van der Waals surface area contributed by atoms with Gasteiger partial charge in [0.25, 0.3) is 18.0 Å². The van der Waals surface area contributed by atoms with Crippen molar-refractivity contribution in [1.29, 1.82) is 0 Å². The van der Waals surface area contributed by atoms with E-state index in [0.717, 1.165) is 16.8 Å². The molecular formula is C22H17F2N5O5. The minimum Gasteiger partial charge on any atom is -0.497 e. The number of hydrogen-bond donors (Lipinski definition) is 1. The molecule has 1 amide bonds. The van der Waals surface area contributed by atoms with Gasteiger partial charge >= 0.3 is 0 Å². The number of nitrogens with zero attached hydrogens (tertiary/aromatic N) is 4. The van der Waals surface area contributed by atoms with Crippen LogP contribution < -0.4 is 14.8 Å². The lowest BCUT2D eigenvalue weighted by Gasteiger charge is -2.10. The average molecular weight is 469 g/mol. The first-order valence-electron chi connectivity index (χ1n) is 9.76. The van der Waals surface area contributed by atoms with Gasteiger partial charge in [-0.25, -0.2) is 18.3 Å². The first kappa shape index (κ1) is 22.6. The lowest BCUT2D eigenvalue weighted by Crippen LogP contribution is -2.13. The second kappa shape index (κ2) is 9.10. The topological polar surface area (TPSA) is 121 Å². The Morgan fingerprint density at radius 1 is 1.09 bits per heavy atom. The largest absolute Gasteiger partial charge is 0.497 e. The number of ether oxygens (including phenoxy) is 2. The van der Waals surface area contributed by atoms with Crippen molar-refractivity contribution in [2.75, 3.05) is 19.5 Å². The molecule has 0 atom stereocenters. The molecule has 2 heterocycles. The number of non-ortho nitro benzene ring substituents is 1. The van der Waals surface area contributed by atoms with Gasteiger partial charge in [-0.3, -0.25) is 14.9 Å². The van der Waals surface area contributed by atoms with Crippen LogP contribution in [-0.4, -0.2) is 39.6 Å². The Labute approximate surface area is 190 Å². The van der Waals surface area contributed by atoms with E-state index >= 15 is 0 Å². The van der Waals surface area contributed by atoms with Crippen molar-refractivity contribution in [3.05, 3.63) is 76.1 Å². The highest BCUT2D eigenvalue weighted by molar-refractivity contribution is 6.08. The molecule has 0 unspecified atom stereocenters. The number of benzene rings is 2. The Morgan fingerprint density at radius 3 is 2.41 bits per heavy atom. The number of halogens is 2. The third-order valence-corrected chi connectivity index (χ3v) is 4.95. The van der Waals surface area contributed by atoms with Crippen molar-refractivity contribution in [1.82, 2.24) is 14.6 Å². The maximum absolute atomic E-state index is 13.8. The molecule has 0 saturated carbocycles. The van der Waals surface area contributed by atoms with Gasteiger partial charge in [-0.15, -0.1) is 0 Å². The van der Waals surface area contributed by atoms with Crippen LogP contribution in [0.2, 0.25) is 0 Å². The summed E-state index contributed by atoms with van der Waals surface area (Å²) in [5.41, 5.74) is -0.128. The zero-order valence-corrected chi connectivity index (χ0v) is 17.9. The number of hydrogen-bond acceptors (Lipinski definition) is 7. The molecule has 0 spiro atoms. The number of aromatic nitrogens is 3. The maximum atomic E-state index is 13.8. The van der Waals surface area contributed by atoms with E-state index in [2.05, 4.69) is 15.4 Å². The third-order valence-electron chi connectivity index (χ3n) is 4.95. The van der Waals surface area contributed by atoms with Gasteiger partial charge in [0.1, 0.15) is 22.8 Å². The van der Waals surface area contributed by atoms with Crippen LogP contribution in [0.4, 0.5) is 20.2 Å². The van der Waals surface area contributed by atoms with E-state index < -0.39 is 22.9 Å². The highest BCUT2D eigenvalue weighted by Gasteiger charge is 2.22. The second-order valence-electron chi connectivity index (χ2n) is 7.02. The summed E-state index contributed by atoms with van der Waals surface area (Å²) in [5, 5.41) is 17.6. The Morgan fingerprint density at radius 2 is 1.79 bits per heavy atom. The molecular weight excluding hydrogens is 452 g/mol. The highest BCUT2D eigenvalue weighted by Crippen LogP contribution is 2.29. The number of methoxy groups -OCH3 is 2. The molecule has 0 aliphatic rings. The van der Waals surface area contributed by atoms with Gasteiger partial charge in [0, 0.05) is 17.7 Å². The SMILES string of the molecule is COc1ccc(-c2cc(C(F)F)n3ncc(C(=O)Nc4cc(OC)cc([N+](=O)[O-])c4)c3n2)cc1. The van der Waals surface area contributed by atoms with E-state index in [1.807, 2.05) is 0 Å². The standard InChI is InChI=1S/C22H17F2N5O5/c1-33-15-5-3-12(4-6-15)18-10-19(20(23)24)28-21(27-18)17(11-25-28)22(30)26-13-7-14(29(31)32)9-16(8-13)34-2/h3-11,20H,1-2H3,(H,26,30). The van der Waals surface area contributed by atoms with E-state index in [9.17, 15) is 23.7 Å². The Bertz CT molecular complexity index is 1390. The fraction of sp³-hybridized carbons (Fsp3) is 0.136. The molecule has 0 bridgehead atoms. The van der Waals surface area contributed by atoms with Gasteiger partial charge < -0.3 is 14.8 Å². The first-order chi connectivity index (χ1) is 16.3. The number of carbonyl (C=O) groups is 1. The van der Waals surface area contributed by atoms with E-state index in [1.165, 1.54) is 32.4 Å². The first-order valence-corrected chi connectivity index (χ1v) is 9.76. The smallest absolute Gasteiger partial charge is 0.280 e. The van der Waals surface area contributed by atoms with E-state index in [0.29, 0.717) is 11.3 Å². The van der Waals surface area contributed by atoms with Crippen molar-refractivity contribution in [2.45, 2.75) is 6.43 Å². The van der Waals surface area contributed by atoms with E-state index in [1.54, 1.807) is 24.3 Å². The zero-order chi connectivity index (χ0) is 24.4. The van der Waals surface area contributed by atoms with Crippen molar-refractivity contribution in [3.63, 3.8) is 0 Å². The van der Waals surface area contributed by atoms with Gasteiger partial charge in [-0.2, -0.15) is 5.10 Å². The molecule has 34 heavy (non-hydrogen) atoms. The quantitative estimate of drug-likeness (QED) is 0.312. The molecule has 1 N–H and O–H groups in total. The number of carbonyl (C=O) groups excluding carboxylic acids is 1. The van der Waals surface area contributed by atoms with Crippen LogP contribution in [0.15, 0.2) is 54.7 Å². The fourth-order valence-electron chi connectivity index (χ4n) is 3.29. The summed E-state index contributed by atoms with van der Waals surface area (Å²) in [6, 6.07) is 11.5. The lowest BCUT2D eigenvalue weighted by molar-refractivity contribution is -0.384. The molecule has 12 heteroatoms. The second-order valence-corrected chi connectivity index (χ2v) is 7.02. The Hall–Kier alpha value is -4.61. The fourth-order valence-corrected chi connectivity index (χ4v) is 3.29. The van der Waals surface area contributed by atoms with Crippen LogP contribution in [0.3, 0.4) is 0 Å². The molecule has 4 rings (SSSR count). The summed E-state index contributed by atoms with van der Waals surface area (Å²) in [6.07, 6.45) is -1.78. The summed E-state index contributed by atoms with van der Waals surface area (Å²) in [5.74, 6) is -0.00266. The molecule has 174 valence electrons. The van der Waals surface area contributed by atoms with E-state index in [-0.39, 0.29) is 34.0 Å². The number of nitro benzene ring substituents is 1. The average Bonchev–Trinajstić information content (AvgIpc) is 3.27. The number of nitro groups is 1. The Kier molecular flexibility index (Phi) is 6.04. The van der Waals surface area contributed by atoms with Crippen molar-refractivity contribution >= 4 is 22.9 Å². The molecule has 0 fully saturated rings. The number of nitrogens with one attached hydrogen (secondary N) is 1. The molecule has 10 nitrogen and oxygen atoms in total. The number of fused-ring (bicyclic) bond motifs is 1. The van der Waals surface area contributed by atoms with Crippen LogP contribution in [-0.2, 0) is 0 Å².